The number of amides is 1. The van der Waals surface area contributed by atoms with Gasteiger partial charge in [0.25, 0.3) is 0 Å². The second-order valence-corrected chi connectivity index (χ2v) is 6.92. The molecule has 0 aliphatic carbocycles. The summed E-state index contributed by atoms with van der Waals surface area (Å²) in [5.74, 6) is 0.0558. The van der Waals surface area contributed by atoms with Crippen molar-refractivity contribution in [3.8, 4) is 0 Å². The third kappa shape index (κ3) is 4.81. The van der Waals surface area contributed by atoms with E-state index in [9.17, 15) is 4.79 Å². The highest BCUT2D eigenvalue weighted by molar-refractivity contribution is 9.10. The van der Waals surface area contributed by atoms with Crippen LogP contribution in [0.3, 0.4) is 0 Å². The number of nitrogen functional groups attached to an aromatic ring is 1. The van der Waals surface area contributed by atoms with Gasteiger partial charge in [0.2, 0.25) is 5.91 Å². The van der Waals surface area contributed by atoms with Crippen LogP contribution in [-0.2, 0) is 4.79 Å². The molecule has 2 aromatic rings. The van der Waals surface area contributed by atoms with E-state index >= 15 is 0 Å². The van der Waals surface area contributed by atoms with Gasteiger partial charge < -0.3 is 11.1 Å². The normalized spacial score (nSPS) is 10.4. The van der Waals surface area contributed by atoms with Crippen LogP contribution < -0.4 is 11.1 Å². The molecule has 0 atom stereocenters. The zero-order valence-corrected chi connectivity index (χ0v) is 14.6. The molecule has 0 unspecified atom stereocenters. The van der Waals surface area contributed by atoms with Gasteiger partial charge >= 0.3 is 0 Å². The maximum atomic E-state index is 11.9. The molecule has 0 heterocycles. The van der Waals surface area contributed by atoms with Crippen molar-refractivity contribution in [2.24, 2.45) is 0 Å². The van der Waals surface area contributed by atoms with Crippen molar-refractivity contribution in [3.05, 3.63) is 50.9 Å². The van der Waals surface area contributed by atoms with Crippen molar-refractivity contribution < 1.29 is 4.79 Å². The fourth-order valence-electron chi connectivity index (χ4n) is 1.55. The van der Waals surface area contributed by atoms with Crippen molar-refractivity contribution in [1.82, 2.24) is 0 Å². The molecule has 3 nitrogen and oxygen atoms in total. The Hall–Kier alpha value is -0.880. The zero-order valence-electron chi connectivity index (χ0n) is 10.7. The molecule has 2 aromatic carbocycles. The summed E-state index contributed by atoms with van der Waals surface area (Å²) in [6, 6.07) is 10.4. The van der Waals surface area contributed by atoms with Crippen LogP contribution in [0, 0.1) is 0 Å². The van der Waals surface area contributed by atoms with E-state index in [1.807, 2.05) is 6.07 Å². The number of thioether (sulfide) groups is 1. The molecule has 3 N–H and O–H groups in total. The summed E-state index contributed by atoms with van der Waals surface area (Å²) >= 11 is 16.6. The molecule has 0 aromatic heterocycles. The van der Waals surface area contributed by atoms with Gasteiger partial charge in [0.1, 0.15) is 0 Å². The Bertz CT molecular complexity index is 682. The van der Waals surface area contributed by atoms with Crippen LogP contribution in [0.4, 0.5) is 11.4 Å². The molecular formula is C14H11BrCl2N2OS. The first-order chi connectivity index (χ1) is 9.95. The molecule has 0 saturated heterocycles. The van der Waals surface area contributed by atoms with Crippen LogP contribution in [0.25, 0.3) is 0 Å². The maximum Gasteiger partial charge on any atom is 0.234 e. The number of halogens is 3. The monoisotopic (exact) mass is 404 g/mol. The molecule has 7 heteroatoms. The third-order valence-corrected chi connectivity index (χ3v) is 4.65. The second-order valence-electron chi connectivity index (χ2n) is 4.14. The van der Waals surface area contributed by atoms with Crippen LogP contribution in [0.1, 0.15) is 0 Å². The van der Waals surface area contributed by atoms with E-state index in [-0.39, 0.29) is 11.7 Å². The highest BCUT2D eigenvalue weighted by Crippen LogP contribution is 2.29. The predicted molar refractivity (Wildman–Crippen MR) is 94.4 cm³/mol. The molecule has 0 saturated carbocycles. The van der Waals surface area contributed by atoms with Crippen LogP contribution >= 0.6 is 50.9 Å². The summed E-state index contributed by atoms with van der Waals surface area (Å²) < 4.78 is 0.853. The van der Waals surface area contributed by atoms with Gasteiger partial charge in [0.05, 0.1) is 16.5 Å². The minimum Gasteiger partial charge on any atom is -0.398 e. The summed E-state index contributed by atoms with van der Waals surface area (Å²) in [5.41, 5.74) is 7.00. The summed E-state index contributed by atoms with van der Waals surface area (Å²) in [6.07, 6.45) is 0. The largest absolute Gasteiger partial charge is 0.398 e. The van der Waals surface area contributed by atoms with Gasteiger partial charge in [-0.05, 0) is 36.4 Å². The predicted octanol–water partition coefficient (Wildman–Crippen LogP) is 5.07. The molecule has 0 bridgehead atoms. The number of nitrogens with two attached hydrogens (primary N) is 1. The Morgan fingerprint density at radius 2 is 2.00 bits per heavy atom. The second kappa shape index (κ2) is 7.40. The van der Waals surface area contributed by atoms with Crippen LogP contribution in [0.2, 0.25) is 10.0 Å². The quantitative estimate of drug-likeness (QED) is 0.551. The van der Waals surface area contributed by atoms with E-state index in [1.165, 1.54) is 11.8 Å². The SMILES string of the molecule is Nc1ccc(Cl)cc1SCC(=O)Nc1ccc(Br)cc1Cl. The average Bonchev–Trinajstić information content (AvgIpc) is 2.43. The number of carbonyl (C=O) groups excluding carboxylic acids is 1. The van der Waals surface area contributed by atoms with Gasteiger partial charge in [-0.2, -0.15) is 0 Å². The Morgan fingerprint density at radius 1 is 1.24 bits per heavy atom. The number of benzene rings is 2. The van der Waals surface area contributed by atoms with E-state index in [1.54, 1.807) is 30.3 Å². The van der Waals surface area contributed by atoms with Crippen LogP contribution in [0.15, 0.2) is 45.8 Å². The molecule has 0 aliphatic heterocycles. The Morgan fingerprint density at radius 3 is 2.71 bits per heavy atom. The van der Waals surface area contributed by atoms with Crippen molar-refractivity contribution in [3.63, 3.8) is 0 Å². The molecule has 21 heavy (non-hydrogen) atoms. The summed E-state index contributed by atoms with van der Waals surface area (Å²) in [5, 5.41) is 3.82. The van der Waals surface area contributed by atoms with Crippen molar-refractivity contribution in [2.45, 2.75) is 4.90 Å². The number of hydrogen-bond acceptors (Lipinski definition) is 3. The van der Waals surface area contributed by atoms with Gasteiger partial charge in [-0.15, -0.1) is 11.8 Å². The van der Waals surface area contributed by atoms with E-state index in [4.69, 9.17) is 28.9 Å². The molecule has 110 valence electrons. The number of hydrogen-bond donors (Lipinski definition) is 2. The third-order valence-electron chi connectivity index (χ3n) is 2.54. The minimum atomic E-state index is -0.163. The lowest BCUT2D eigenvalue weighted by atomic mass is 10.3. The van der Waals surface area contributed by atoms with Crippen LogP contribution in [-0.4, -0.2) is 11.7 Å². The molecule has 0 fully saturated rings. The smallest absolute Gasteiger partial charge is 0.234 e. The first-order valence-electron chi connectivity index (χ1n) is 5.88. The first-order valence-corrected chi connectivity index (χ1v) is 8.42. The molecular weight excluding hydrogens is 395 g/mol. The fourth-order valence-corrected chi connectivity index (χ4v) is 3.31. The maximum absolute atomic E-state index is 11.9. The van der Waals surface area contributed by atoms with Gasteiger partial charge in [-0.3, -0.25) is 4.79 Å². The topological polar surface area (TPSA) is 55.1 Å². The van der Waals surface area contributed by atoms with Crippen LogP contribution in [0.5, 0.6) is 0 Å². The number of anilines is 2. The van der Waals surface area contributed by atoms with Crippen molar-refractivity contribution >= 4 is 68.2 Å². The number of nitrogens with one attached hydrogen (secondary N) is 1. The Balaban J connectivity index is 1.97. The van der Waals surface area contributed by atoms with Gasteiger partial charge in [-0.1, -0.05) is 39.1 Å². The Labute approximate surface area is 145 Å². The number of carbonyl (C=O) groups is 1. The number of rotatable bonds is 4. The van der Waals surface area contributed by atoms with Gasteiger partial charge in [0.15, 0.2) is 0 Å². The van der Waals surface area contributed by atoms with E-state index in [0.29, 0.717) is 21.4 Å². The summed E-state index contributed by atoms with van der Waals surface area (Å²) in [6.45, 7) is 0. The van der Waals surface area contributed by atoms with E-state index < -0.39 is 0 Å². The zero-order chi connectivity index (χ0) is 15.4. The summed E-state index contributed by atoms with van der Waals surface area (Å²) in [7, 11) is 0. The molecule has 0 spiro atoms. The van der Waals surface area contributed by atoms with Gasteiger partial charge in [0, 0.05) is 20.1 Å². The molecule has 1 amide bonds. The lowest BCUT2D eigenvalue weighted by Gasteiger charge is -2.08. The highest BCUT2D eigenvalue weighted by atomic mass is 79.9. The average molecular weight is 406 g/mol. The summed E-state index contributed by atoms with van der Waals surface area (Å²) in [4.78, 5) is 12.7. The molecule has 0 aliphatic rings. The lowest BCUT2D eigenvalue weighted by Crippen LogP contribution is -2.14. The first kappa shape index (κ1) is 16.5. The van der Waals surface area contributed by atoms with Crippen molar-refractivity contribution in [1.29, 1.82) is 0 Å². The standard InChI is InChI=1S/C14H11BrCl2N2OS/c15-8-1-4-12(10(17)5-8)19-14(20)7-21-13-6-9(16)2-3-11(13)18/h1-6H,7,18H2,(H,19,20). The minimum absolute atomic E-state index is 0.163. The van der Waals surface area contributed by atoms with Crippen molar-refractivity contribution in [2.75, 3.05) is 16.8 Å². The van der Waals surface area contributed by atoms with E-state index in [0.717, 1.165) is 9.37 Å². The lowest BCUT2D eigenvalue weighted by molar-refractivity contribution is -0.113. The Kier molecular flexibility index (Phi) is 5.81. The van der Waals surface area contributed by atoms with E-state index in [2.05, 4.69) is 21.2 Å². The fraction of sp³-hybridized carbons (Fsp3) is 0.0714. The van der Waals surface area contributed by atoms with Gasteiger partial charge in [-0.25, -0.2) is 0 Å². The highest BCUT2D eigenvalue weighted by Gasteiger charge is 2.09. The molecule has 2 rings (SSSR count). The molecule has 0 radical (unpaired) electrons.